The maximum absolute atomic E-state index is 12.3. The van der Waals surface area contributed by atoms with Gasteiger partial charge in [0.05, 0.1) is 42.6 Å². The van der Waals surface area contributed by atoms with Crippen LogP contribution in [0.15, 0.2) is 30.5 Å². The molecule has 3 aromatic rings. The Morgan fingerprint density at radius 3 is 2.43 bits per heavy atom. The number of nitrogens with one attached hydrogen (secondary N) is 1. The quantitative estimate of drug-likeness (QED) is 0.247. The van der Waals surface area contributed by atoms with Gasteiger partial charge in [-0.15, -0.1) is 0 Å². The molecule has 0 spiro atoms. The molecule has 0 radical (unpaired) electrons. The highest BCUT2D eigenvalue weighted by molar-refractivity contribution is 6.32. The average Bonchev–Trinajstić information content (AvgIpc) is 3.84. The summed E-state index contributed by atoms with van der Waals surface area (Å²) >= 11 is 6.45. The maximum Gasteiger partial charge on any atom is 0.410 e. The van der Waals surface area contributed by atoms with Crippen molar-refractivity contribution in [1.29, 1.82) is 5.26 Å². The first-order chi connectivity index (χ1) is 21.1. The number of nitriles is 1. The predicted octanol–water partition coefficient (Wildman–Crippen LogP) is 6.72. The summed E-state index contributed by atoms with van der Waals surface area (Å²) in [6, 6.07) is 9.81. The van der Waals surface area contributed by atoms with E-state index in [9.17, 15) is 10.1 Å². The van der Waals surface area contributed by atoms with Crippen LogP contribution in [0.3, 0.4) is 0 Å². The molecule has 2 fully saturated rings. The molecule has 1 saturated heterocycles. The highest BCUT2D eigenvalue weighted by Crippen LogP contribution is 2.48. The topological polar surface area (TPSA) is 109 Å². The lowest BCUT2D eigenvalue weighted by Gasteiger charge is -2.35. The fourth-order valence-corrected chi connectivity index (χ4v) is 5.59. The van der Waals surface area contributed by atoms with Crippen LogP contribution in [0.4, 0.5) is 16.2 Å². The van der Waals surface area contributed by atoms with Crippen LogP contribution < -0.4 is 19.5 Å². The number of methoxy groups -OCH3 is 2. The van der Waals surface area contributed by atoms with E-state index in [1.807, 2.05) is 45.0 Å². The number of ether oxygens (including phenoxy) is 4. The summed E-state index contributed by atoms with van der Waals surface area (Å²) in [5.74, 6) is 2.13. The van der Waals surface area contributed by atoms with Gasteiger partial charge < -0.3 is 29.2 Å². The van der Waals surface area contributed by atoms with Gasteiger partial charge in [0.2, 0.25) is 0 Å². The molecule has 1 saturated carbocycles. The number of anilines is 2. The number of aromatic nitrogens is 1. The van der Waals surface area contributed by atoms with Gasteiger partial charge in [-0.2, -0.15) is 5.26 Å². The molecule has 10 nitrogen and oxygen atoms in total. The molecule has 1 N–H and O–H groups in total. The van der Waals surface area contributed by atoms with Crippen molar-refractivity contribution in [2.45, 2.75) is 51.6 Å². The molecule has 1 amide bonds. The minimum atomic E-state index is -0.495. The standard InChI is InChI=1S/C33H40ClN5O5/c1-33(2,3)44-32(40)39-12-10-38(11-13-39)9-6-14-43-30-17-26-24(16-29(30)42-5)31(22(19-35)20-36-26)37-27-18-28(41-4)25(34)15-23(27)21-7-8-21/h15-18,20-21H,6-14H2,1-5H3,(H,36,37). The second-order valence-electron chi connectivity index (χ2n) is 12.2. The van der Waals surface area contributed by atoms with Gasteiger partial charge in [-0.3, -0.25) is 9.88 Å². The molecule has 1 aliphatic carbocycles. The summed E-state index contributed by atoms with van der Waals surface area (Å²) in [6.45, 7) is 9.86. The number of rotatable bonds is 10. The van der Waals surface area contributed by atoms with Crippen molar-refractivity contribution in [2.24, 2.45) is 0 Å². The summed E-state index contributed by atoms with van der Waals surface area (Å²) in [7, 11) is 3.19. The van der Waals surface area contributed by atoms with Crippen molar-refractivity contribution >= 4 is 40.0 Å². The Morgan fingerprint density at radius 1 is 1.07 bits per heavy atom. The zero-order valence-corrected chi connectivity index (χ0v) is 26.8. The summed E-state index contributed by atoms with van der Waals surface area (Å²) in [4.78, 5) is 21.0. The molecule has 44 heavy (non-hydrogen) atoms. The van der Waals surface area contributed by atoms with Crippen molar-refractivity contribution in [1.82, 2.24) is 14.8 Å². The van der Waals surface area contributed by atoms with Crippen molar-refractivity contribution < 1.29 is 23.7 Å². The van der Waals surface area contributed by atoms with Crippen LogP contribution in [-0.4, -0.2) is 80.0 Å². The molecule has 2 heterocycles. The molecular formula is C33H40ClN5O5. The first-order valence-corrected chi connectivity index (χ1v) is 15.4. The molecule has 0 atom stereocenters. The number of amides is 1. The van der Waals surface area contributed by atoms with E-state index in [1.54, 1.807) is 25.3 Å². The lowest BCUT2D eigenvalue weighted by Crippen LogP contribution is -2.50. The molecule has 5 rings (SSSR count). The van der Waals surface area contributed by atoms with Crippen molar-refractivity contribution in [2.75, 3.05) is 58.9 Å². The summed E-state index contributed by atoms with van der Waals surface area (Å²) in [6.07, 6.45) is 4.31. The number of halogens is 1. The highest BCUT2D eigenvalue weighted by atomic mass is 35.5. The number of nitrogens with zero attached hydrogens (tertiary/aromatic N) is 4. The van der Waals surface area contributed by atoms with Gasteiger partial charge in [0.1, 0.15) is 17.4 Å². The minimum Gasteiger partial charge on any atom is -0.495 e. The fraction of sp³-hybridized carbons (Fsp3) is 0.485. The zero-order chi connectivity index (χ0) is 31.4. The maximum atomic E-state index is 12.3. The lowest BCUT2D eigenvalue weighted by molar-refractivity contribution is 0.0142. The number of carbonyl (C=O) groups excluding carboxylic acids is 1. The van der Waals surface area contributed by atoms with Crippen LogP contribution in [0.5, 0.6) is 17.2 Å². The number of fused-ring (bicyclic) bond motifs is 1. The summed E-state index contributed by atoms with van der Waals surface area (Å²) in [5.41, 5.74) is 3.18. The van der Waals surface area contributed by atoms with Crippen LogP contribution in [0, 0.1) is 11.3 Å². The number of carbonyl (C=O) groups is 1. The largest absolute Gasteiger partial charge is 0.495 e. The molecule has 0 unspecified atom stereocenters. The molecule has 234 valence electrons. The molecule has 1 aromatic heterocycles. The number of hydrogen-bond acceptors (Lipinski definition) is 9. The Morgan fingerprint density at radius 2 is 1.80 bits per heavy atom. The van der Waals surface area contributed by atoms with Gasteiger partial charge in [0, 0.05) is 62.1 Å². The molecular weight excluding hydrogens is 582 g/mol. The SMILES string of the molecule is COc1cc(Nc2c(C#N)cnc3cc(OCCCN4CCN(C(=O)OC(C)(C)C)CC4)c(OC)cc23)c(C2CC2)cc1Cl. The van der Waals surface area contributed by atoms with Crippen LogP contribution in [0.1, 0.15) is 57.1 Å². The normalized spacial score (nSPS) is 15.5. The Kier molecular flexibility index (Phi) is 9.56. The second-order valence-corrected chi connectivity index (χ2v) is 12.6. The smallest absolute Gasteiger partial charge is 0.410 e. The van der Waals surface area contributed by atoms with Gasteiger partial charge in [-0.05, 0) is 63.6 Å². The van der Waals surface area contributed by atoms with Crippen molar-refractivity contribution in [3.05, 3.63) is 46.6 Å². The lowest BCUT2D eigenvalue weighted by atomic mass is 10.0. The monoisotopic (exact) mass is 621 g/mol. The Labute approximate surface area is 263 Å². The number of benzene rings is 2. The van der Waals surface area contributed by atoms with E-state index in [4.69, 9.17) is 30.5 Å². The van der Waals surface area contributed by atoms with Crippen LogP contribution in [0.25, 0.3) is 10.9 Å². The third-order valence-corrected chi connectivity index (χ3v) is 8.07. The first kappa shape index (κ1) is 31.5. The predicted molar refractivity (Wildman–Crippen MR) is 171 cm³/mol. The van der Waals surface area contributed by atoms with E-state index in [0.29, 0.717) is 64.7 Å². The van der Waals surface area contributed by atoms with Crippen LogP contribution >= 0.6 is 11.6 Å². The van der Waals surface area contributed by atoms with E-state index in [1.165, 1.54) is 0 Å². The summed E-state index contributed by atoms with van der Waals surface area (Å²) in [5, 5.41) is 14.8. The van der Waals surface area contributed by atoms with E-state index in [0.717, 1.165) is 55.5 Å². The molecule has 11 heteroatoms. The second kappa shape index (κ2) is 13.4. The third-order valence-electron chi connectivity index (χ3n) is 7.77. The summed E-state index contributed by atoms with van der Waals surface area (Å²) < 4.78 is 22.9. The van der Waals surface area contributed by atoms with Gasteiger partial charge in [0.25, 0.3) is 0 Å². The molecule has 0 bridgehead atoms. The Balaban J connectivity index is 1.26. The van der Waals surface area contributed by atoms with Gasteiger partial charge in [0.15, 0.2) is 11.5 Å². The fourth-order valence-electron chi connectivity index (χ4n) is 5.34. The highest BCUT2D eigenvalue weighted by Gasteiger charge is 2.29. The number of pyridine rings is 1. The Hall–Kier alpha value is -3.94. The van der Waals surface area contributed by atoms with E-state index in [2.05, 4.69) is 21.3 Å². The van der Waals surface area contributed by atoms with E-state index >= 15 is 0 Å². The number of piperazine rings is 1. The molecule has 2 aliphatic rings. The molecule has 2 aromatic carbocycles. The van der Waals surface area contributed by atoms with Gasteiger partial charge >= 0.3 is 6.09 Å². The number of hydrogen-bond donors (Lipinski definition) is 1. The Bertz CT molecular complexity index is 1560. The first-order valence-electron chi connectivity index (χ1n) is 15.0. The van der Waals surface area contributed by atoms with Crippen LogP contribution in [0.2, 0.25) is 5.02 Å². The van der Waals surface area contributed by atoms with Gasteiger partial charge in [-0.1, -0.05) is 11.6 Å². The molecule has 1 aliphatic heterocycles. The minimum absolute atomic E-state index is 0.256. The van der Waals surface area contributed by atoms with E-state index < -0.39 is 5.60 Å². The van der Waals surface area contributed by atoms with Crippen LogP contribution in [-0.2, 0) is 4.74 Å². The van der Waals surface area contributed by atoms with E-state index in [-0.39, 0.29) is 6.09 Å². The zero-order valence-electron chi connectivity index (χ0n) is 26.0. The van der Waals surface area contributed by atoms with Crippen molar-refractivity contribution in [3.63, 3.8) is 0 Å². The van der Waals surface area contributed by atoms with Crippen molar-refractivity contribution in [3.8, 4) is 23.3 Å². The average molecular weight is 622 g/mol. The van der Waals surface area contributed by atoms with Gasteiger partial charge in [-0.25, -0.2) is 4.79 Å². The third kappa shape index (κ3) is 7.40.